The first-order valence-electron chi connectivity index (χ1n) is 4.93. The van der Waals surface area contributed by atoms with E-state index in [2.05, 4.69) is 9.97 Å². The summed E-state index contributed by atoms with van der Waals surface area (Å²) in [7, 11) is 1.60. The van der Waals surface area contributed by atoms with Gasteiger partial charge in [-0.3, -0.25) is 4.79 Å². The molecule has 0 amide bonds. The molecule has 2 aromatic rings. The Labute approximate surface area is 92.1 Å². The maximum absolute atomic E-state index is 10.4. The summed E-state index contributed by atoms with van der Waals surface area (Å²) < 4.78 is 5.09. The molecule has 0 aliphatic carbocycles. The predicted octanol–water partition coefficient (Wildman–Crippen LogP) is 1.59. The lowest BCUT2D eigenvalue weighted by Crippen LogP contribution is -1.98. The van der Waals surface area contributed by atoms with Crippen molar-refractivity contribution in [3.8, 4) is 5.75 Å². The summed E-state index contributed by atoms with van der Waals surface area (Å²) in [5.41, 5.74) is 1.68. The molecule has 1 aromatic carbocycles. The quantitative estimate of drug-likeness (QED) is 0.820. The van der Waals surface area contributed by atoms with Crippen LogP contribution in [0.1, 0.15) is 12.2 Å². The molecule has 0 bridgehead atoms. The maximum atomic E-state index is 10.4. The fraction of sp³-hybridized carbons (Fsp3) is 0.273. The van der Waals surface area contributed by atoms with Crippen LogP contribution in [0.3, 0.4) is 0 Å². The molecule has 2 rings (SSSR count). The summed E-state index contributed by atoms with van der Waals surface area (Å²) in [5, 5.41) is 8.57. The second-order valence-electron chi connectivity index (χ2n) is 3.46. The first-order chi connectivity index (χ1) is 7.69. The number of nitrogens with zero attached hydrogens (tertiary/aromatic N) is 1. The normalized spacial score (nSPS) is 10.6. The van der Waals surface area contributed by atoms with E-state index in [4.69, 9.17) is 9.84 Å². The molecule has 1 aromatic heterocycles. The lowest BCUT2D eigenvalue weighted by Gasteiger charge is -1.96. The number of aryl methyl sites for hydroxylation is 1. The zero-order chi connectivity index (χ0) is 11.5. The van der Waals surface area contributed by atoms with Gasteiger partial charge in [-0.1, -0.05) is 0 Å². The topological polar surface area (TPSA) is 75.2 Å². The Balaban J connectivity index is 2.25. The van der Waals surface area contributed by atoms with Gasteiger partial charge in [0.25, 0.3) is 0 Å². The molecule has 0 radical (unpaired) electrons. The Kier molecular flexibility index (Phi) is 2.76. The summed E-state index contributed by atoms with van der Waals surface area (Å²) in [6, 6.07) is 5.51. The number of carbonyl (C=O) groups is 1. The standard InChI is InChI=1S/C11H12N2O3/c1-16-7-2-3-8-9(6-7)13-10(12-8)4-5-11(14)15/h2-3,6H,4-5H2,1H3,(H,12,13)(H,14,15). The molecule has 5 heteroatoms. The zero-order valence-corrected chi connectivity index (χ0v) is 8.86. The Morgan fingerprint density at radius 1 is 1.56 bits per heavy atom. The number of rotatable bonds is 4. The van der Waals surface area contributed by atoms with Crippen LogP contribution in [0.2, 0.25) is 0 Å². The highest BCUT2D eigenvalue weighted by Crippen LogP contribution is 2.18. The van der Waals surface area contributed by atoms with Gasteiger partial charge in [0.2, 0.25) is 0 Å². The van der Waals surface area contributed by atoms with Crippen LogP contribution in [-0.4, -0.2) is 28.2 Å². The smallest absolute Gasteiger partial charge is 0.303 e. The van der Waals surface area contributed by atoms with E-state index >= 15 is 0 Å². The largest absolute Gasteiger partial charge is 0.497 e. The van der Waals surface area contributed by atoms with Gasteiger partial charge in [-0.25, -0.2) is 4.98 Å². The molecule has 16 heavy (non-hydrogen) atoms. The molecule has 0 saturated heterocycles. The average molecular weight is 220 g/mol. The van der Waals surface area contributed by atoms with Crippen LogP contribution >= 0.6 is 0 Å². The minimum Gasteiger partial charge on any atom is -0.497 e. The Bertz CT molecular complexity index is 519. The van der Waals surface area contributed by atoms with Crippen LogP contribution in [0.15, 0.2) is 18.2 Å². The number of carboxylic acids is 1. The summed E-state index contributed by atoms with van der Waals surface area (Å²) in [6.07, 6.45) is 0.489. The maximum Gasteiger partial charge on any atom is 0.303 e. The number of benzene rings is 1. The van der Waals surface area contributed by atoms with Crippen molar-refractivity contribution >= 4 is 17.0 Å². The minimum atomic E-state index is -0.821. The van der Waals surface area contributed by atoms with Gasteiger partial charge in [-0.2, -0.15) is 0 Å². The van der Waals surface area contributed by atoms with E-state index in [9.17, 15) is 4.79 Å². The van der Waals surface area contributed by atoms with Crippen LogP contribution in [-0.2, 0) is 11.2 Å². The second-order valence-corrected chi connectivity index (χ2v) is 3.46. The second kappa shape index (κ2) is 4.22. The number of aromatic amines is 1. The van der Waals surface area contributed by atoms with Crippen LogP contribution < -0.4 is 4.74 Å². The van der Waals surface area contributed by atoms with Gasteiger partial charge in [0.1, 0.15) is 11.6 Å². The van der Waals surface area contributed by atoms with Gasteiger partial charge in [0.15, 0.2) is 0 Å². The first kappa shape index (κ1) is 10.5. The van der Waals surface area contributed by atoms with Crippen LogP contribution in [0, 0.1) is 0 Å². The molecule has 0 unspecified atom stereocenters. The monoisotopic (exact) mass is 220 g/mol. The molecule has 1 heterocycles. The van der Waals surface area contributed by atoms with Crippen molar-refractivity contribution in [1.82, 2.24) is 9.97 Å². The molecule has 5 nitrogen and oxygen atoms in total. The fourth-order valence-corrected chi connectivity index (χ4v) is 1.51. The van der Waals surface area contributed by atoms with Gasteiger partial charge in [-0.15, -0.1) is 0 Å². The molecule has 0 spiro atoms. The van der Waals surface area contributed by atoms with E-state index in [0.717, 1.165) is 16.8 Å². The highest BCUT2D eigenvalue weighted by Gasteiger charge is 2.05. The summed E-state index contributed by atoms with van der Waals surface area (Å²) in [4.78, 5) is 17.8. The molecule has 84 valence electrons. The molecular formula is C11H12N2O3. The number of nitrogens with one attached hydrogen (secondary N) is 1. The van der Waals surface area contributed by atoms with Crippen molar-refractivity contribution < 1.29 is 14.6 Å². The van der Waals surface area contributed by atoms with Crippen molar-refractivity contribution in [1.29, 1.82) is 0 Å². The number of H-pyrrole nitrogens is 1. The first-order valence-corrected chi connectivity index (χ1v) is 4.93. The van der Waals surface area contributed by atoms with Crippen LogP contribution in [0.25, 0.3) is 11.0 Å². The van der Waals surface area contributed by atoms with Gasteiger partial charge in [0.05, 0.1) is 24.6 Å². The molecular weight excluding hydrogens is 208 g/mol. The van der Waals surface area contributed by atoms with E-state index in [1.807, 2.05) is 18.2 Å². The summed E-state index contributed by atoms with van der Waals surface area (Å²) >= 11 is 0. The van der Waals surface area contributed by atoms with E-state index < -0.39 is 5.97 Å². The molecule has 0 aliphatic rings. The number of methoxy groups -OCH3 is 1. The summed E-state index contributed by atoms with van der Waals surface area (Å²) in [6.45, 7) is 0. The van der Waals surface area contributed by atoms with Crippen molar-refractivity contribution in [2.24, 2.45) is 0 Å². The Morgan fingerprint density at radius 2 is 2.38 bits per heavy atom. The third-order valence-electron chi connectivity index (χ3n) is 2.31. The SMILES string of the molecule is COc1ccc2nc(CCC(=O)O)[nH]c2c1. The van der Waals surface area contributed by atoms with Crippen molar-refractivity contribution in [2.45, 2.75) is 12.8 Å². The number of aliphatic carboxylic acids is 1. The lowest BCUT2D eigenvalue weighted by atomic mass is 10.3. The molecule has 0 atom stereocenters. The van der Waals surface area contributed by atoms with E-state index in [1.165, 1.54) is 0 Å². The number of carboxylic acid groups (broad SMARTS) is 1. The molecule has 0 aliphatic heterocycles. The number of fused-ring (bicyclic) bond motifs is 1. The highest BCUT2D eigenvalue weighted by atomic mass is 16.5. The lowest BCUT2D eigenvalue weighted by molar-refractivity contribution is -0.137. The molecule has 0 saturated carbocycles. The Hall–Kier alpha value is -2.04. The summed E-state index contributed by atoms with van der Waals surface area (Å²) in [5.74, 6) is 0.615. The third-order valence-corrected chi connectivity index (χ3v) is 2.31. The third kappa shape index (κ3) is 2.13. The fourth-order valence-electron chi connectivity index (χ4n) is 1.51. The van der Waals surface area contributed by atoms with Crippen molar-refractivity contribution in [2.75, 3.05) is 7.11 Å². The predicted molar refractivity (Wildman–Crippen MR) is 58.6 cm³/mol. The Morgan fingerprint density at radius 3 is 3.06 bits per heavy atom. The van der Waals surface area contributed by atoms with E-state index in [1.54, 1.807) is 7.11 Å². The van der Waals surface area contributed by atoms with E-state index in [0.29, 0.717) is 12.2 Å². The number of ether oxygens (including phenoxy) is 1. The van der Waals surface area contributed by atoms with Crippen molar-refractivity contribution in [3.05, 3.63) is 24.0 Å². The van der Waals surface area contributed by atoms with E-state index in [-0.39, 0.29) is 6.42 Å². The average Bonchev–Trinajstić information content (AvgIpc) is 2.67. The highest BCUT2D eigenvalue weighted by molar-refractivity contribution is 5.77. The number of hydrogen-bond acceptors (Lipinski definition) is 3. The minimum absolute atomic E-state index is 0.0803. The molecule has 0 fully saturated rings. The number of hydrogen-bond donors (Lipinski definition) is 2. The zero-order valence-electron chi connectivity index (χ0n) is 8.86. The number of aromatic nitrogens is 2. The van der Waals surface area contributed by atoms with Gasteiger partial charge >= 0.3 is 5.97 Å². The number of imidazole rings is 1. The van der Waals surface area contributed by atoms with Gasteiger partial charge in [-0.05, 0) is 12.1 Å². The van der Waals surface area contributed by atoms with Crippen LogP contribution in [0.5, 0.6) is 5.75 Å². The van der Waals surface area contributed by atoms with Gasteiger partial charge < -0.3 is 14.8 Å². The van der Waals surface area contributed by atoms with Crippen molar-refractivity contribution in [3.63, 3.8) is 0 Å². The van der Waals surface area contributed by atoms with Crippen LogP contribution in [0.4, 0.5) is 0 Å². The molecule has 2 N–H and O–H groups in total. The van der Waals surface area contributed by atoms with Gasteiger partial charge in [0, 0.05) is 12.5 Å².